The smallest absolute Gasteiger partial charge is 0.272 e. The van der Waals surface area contributed by atoms with E-state index in [0.717, 1.165) is 5.82 Å². The molecule has 11 heteroatoms. The van der Waals surface area contributed by atoms with Gasteiger partial charge in [-0.25, -0.2) is 14.5 Å². The van der Waals surface area contributed by atoms with Crippen LogP contribution in [0.5, 0.6) is 17.2 Å². The maximum absolute atomic E-state index is 15.0. The Bertz CT molecular complexity index is 1930. The first-order valence-corrected chi connectivity index (χ1v) is 13.9. The Morgan fingerprint density at radius 3 is 2.55 bits per heavy atom. The topological polar surface area (TPSA) is 124 Å². The number of methoxy groups -OCH3 is 1. The number of nitriles is 1. The van der Waals surface area contributed by atoms with Crippen molar-refractivity contribution in [1.82, 2.24) is 20.1 Å². The molecule has 0 saturated carbocycles. The van der Waals surface area contributed by atoms with Gasteiger partial charge in [0.15, 0.2) is 11.5 Å². The zero-order valence-electron chi connectivity index (χ0n) is 23.8. The van der Waals surface area contributed by atoms with E-state index in [-0.39, 0.29) is 12.0 Å². The number of nitrogens with one attached hydrogen (secondary N) is 1. The third-order valence-corrected chi connectivity index (χ3v) is 7.52. The van der Waals surface area contributed by atoms with Crippen molar-refractivity contribution >= 4 is 22.5 Å². The average molecular weight is 591 g/mol. The highest BCUT2D eigenvalue weighted by Gasteiger charge is 2.25. The molecule has 220 valence electrons. The number of benzene rings is 3. The monoisotopic (exact) mass is 590 g/mol. The van der Waals surface area contributed by atoms with Crippen LogP contribution in [0.3, 0.4) is 0 Å². The molecule has 0 radical (unpaired) electrons. The summed E-state index contributed by atoms with van der Waals surface area (Å²) < 4.78 is 26.8. The van der Waals surface area contributed by atoms with E-state index in [1.807, 2.05) is 29.2 Å². The Balaban J connectivity index is 1.25. The second-order valence-electron chi connectivity index (χ2n) is 10.2. The van der Waals surface area contributed by atoms with E-state index in [1.165, 1.54) is 25.4 Å². The number of H-pyrrole nitrogens is 1. The van der Waals surface area contributed by atoms with Crippen molar-refractivity contribution in [3.8, 4) is 23.3 Å². The Labute approximate surface area is 251 Å². The summed E-state index contributed by atoms with van der Waals surface area (Å²) in [5.41, 5.74) is 1.15. The van der Waals surface area contributed by atoms with Crippen LogP contribution in [0.1, 0.15) is 27.2 Å². The minimum absolute atomic E-state index is 0.0405. The SMILES string of the molecule is COc1c(Oc2ccccc2)ccc2c(=O)[nH]nc(Cc3ccc(F)c(C(=O)N4CCN(c5ccc(C#N)cn5)CC4)c3)c12. The number of ether oxygens (including phenoxy) is 2. The lowest BCUT2D eigenvalue weighted by molar-refractivity contribution is 0.0741. The Hall–Kier alpha value is -5.76. The largest absolute Gasteiger partial charge is 0.492 e. The number of piperazine rings is 1. The van der Waals surface area contributed by atoms with Gasteiger partial charge in [-0.3, -0.25) is 9.59 Å². The molecule has 2 aromatic heterocycles. The number of hydrogen-bond acceptors (Lipinski definition) is 8. The van der Waals surface area contributed by atoms with Crippen molar-refractivity contribution in [1.29, 1.82) is 5.26 Å². The summed E-state index contributed by atoms with van der Waals surface area (Å²) in [6, 6.07) is 22.4. The fraction of sp³-hybridized carbons (Fsp3) is 0.182. The number of halogens is 1. The van der Waals surface area contributed by atoms with E-state index in [4.69, 9.17) is 14.7 Å². The summed E-state index contributed by atoms with van der Waals surface area (Å²) >= 11 is 0. The lowest BCUT2D eigenvalue weighted by Crippen LogP contribution is -2.49. The molecule has 3 aromatic carbocycles. The second-order valence-corrected chi connectivity index (χ2v) is 10.2. The van der Waals surface area contributed by atoms with Gasteiger partial charge in [-0.15, -0.1) is 0 Å². The summed E-state index contributed by atoms with van der Waals surface area (Å²) in [6.07, 6.45) is 1.71. The van der Waals surface area contributed by atoms with Crippen LogP contribution in [-0.2, 0) is 6.42 Å². The van der Waals surface area contributed by atoms with Crippen molar-refractivity contribution in [3.63, 3.8) is 0 Å². The number of carbonyl (C=O) groups is 1. The normalized spacial score (nSPS) is 13.0. The van der Waals surface area contributed by atoms with Gasteiger partial charge in [0.25, 0.3) is 11.5 Å². The number of hydrogen-bond donors (Lipinski definition) is 1. The molecule has 1 saturated heterocycles. The minimum atomic E-state index is -0.620. The van der Waals surface area contributed by atoms with Crippen LogP contribution < -0.4 is 19.9 Å². The zero-order chi connectivity index (χ0) is 30.6. The first-order valence-electron chi connectivity index (χ1n) is 13.9. The Kier molecular flexibility index (Phi) is 7.88. The highest BCUT2D eigenvalue weighted by atomic mass is 19.1. The van der Waals surface area contributed by atoms with Gasteiger partial charge in [0.2, 0.25) is 0 Å². The predicted octanol–water partition coefficient (Wildman–Crippen LogP) is 4.68. The first kappa shape index (κ1) is 28.4. The van der Waals surface area contributed by atoms with E-state index in [9.17, 15) is 9.59 Å². The molecule has 5 aromatic rings. The van der Waals surface area contributed by atoms with E-state index in [1.54, 1.807) is 47.4 Å². The molecular formula is C33H27FN6O4. The fourth-order valence-electron chi connectivity index (χ4n) is 5.29. The van der Waals surface area contributed by atoms with Gasteiger partial charge < -0.3 is 19.3 Å². The van der Waals surface area contributed by atoms with Gasteiger partial charge in [-0.1, -0.05) is 24.3 Å². The first-order chi connectivity index (χ1) is 21.4. The quantitative estimate of drug-likeness (QED) is 0.290. The molecule has 6 rings (SSSR count). The Morgan fingerprint density at radius 1 is 1.05 bits per heavy atom. The molecule has 3 heterocycles. The highest BCUT2D eigenvalue weighted by Crippen LogP contribution is 2.38. The summed E-state index contributed by atoms with van der Waals surface area (Å²) in [5, 5.41) is 16.7. The van der Waals surface area contributed by atoms with E-state index < -0.39 is 17.3 Å². The van der Waals surface area contributed by atoms with E-state index in [0.29, 0.717) is 71.0 Å². The number of fused-ring (bicyclic) bond motifs is 1. The molecule has 0 aliphatic carbocycles. The number of rotatable bonds is 7. The van der Waals surface area contributed by atoms with Crippen LogP contribution in [0, 0.1) is 17.1 Å². The van der Waals surface area contributed by atoms with Crippen molar-refractivity contribution in [2.75, 3.05) is 38.2 Å². The molecule has 0 unspecified atom stereocenters. The van der Waals surface area contributed by atoms with Crippen LogP contribution >= 0.6 is 0 Å². The summed E-state index contributed by atoms with van der Waals surface area (Å²) in [5.74, 6) is 1.04. The predicted molar refractivity (Wildman–Crippen MR) is 162 cm³/mol. The van der Waals surface area contributed by atoms with Crippen LogP contribution in [0.15, 0.2) is 83.8 Å². The fourth-order valence-corrected chi connectivity index (χ4v) is 5.29. The zero-order valence-corrected chi connectivity index (χ0v) is 23.8. The third-order valence-electron chi connectivity index (χ3n) is 7.52. The number of carbonyl (C=O) groups excluding carboxylic acids is 1. The third kappa shape index (κ3) is 5.65. The number of pyridine rings is 1. The van der Waals surface area contributed by atoms with Gasteiger partial charge in [0.05, 0.1) is 34.7 Å². The van der Waals surface area contributed by atoms with Gasteiger partial charge >= 0.3 is 0 Å². The summed E-state index contributed by atoms with van der Waals surface area (Å²) in [7, 11) is 1.49. The summed E-state index contributed by atoms with van der Waals surface area (Å²) in [6.45, 7) is 1.81. The van der Waals surface area contributed by atoms with Crippen LogP contribution in [0.4, 0.5) is 10.2 Å². The molecule has 1 fully saturated rings. The maximum Gasteiger partial charge on any atom is 0.272 e. The molecule has 1 aliphatic heterocycles. The van der Waals surface area contributed by atoms with Gasteiger partial charge in [0.1, 0.15) is 23.5 Å². The van der Waals surface area contributed by atoms with Crippen molar-refractivity contribution in [2.45, 2.75) is 6.42 Å². The molecule has 0 atom stereocenters. The number of amides is 1. The lowest BCUT2D eigenvalue weighted by Gasteiger charge is -2.35. The Morgan fingerprint density at radius 2 is 1.84 bits per heavy atom. The highest BCUT2D eigenvalue weighted by molar-refractivity contribution is 5.95. The maximum atomic E-state index is 15.0. The lowest BCUT2D eigenvalue weighted by atomic mass is 10.0. The van der Waals surface area contributed by atoms with Gasteiger partial charge in [-0.2, -0.15) is 10.4 Å². The molecule has 44 heavy (non-hydrogen) atoms. The number of nitrogens with zero attached hydrogens (tertiary/aromatic N) is 5. The second kappa shape index (κ2) is 12.2. The van der Waals surface area contributed by atoms with Crippen LogP contribution in [0.25, 0.3) is 10.8 Å². The summed E-state index contributed by atoms with van der Waals surface area (Å²) in [4.78, 5) is 34.1. The molecule has 1 N–H and O–H groups in total. The molecule has 0 bridgehead atoms. The molecular weight excluding hydrogens is 563 g/mol. The molecule has 0 spiro atoms. The standard InChI is InChI=1S/C33H27FN6O4/c1-43-31-28(44-23-5-3-2-4-6-23)11-9-24-30(31)27(37-38-32(24)41)18-21-7-10-26(34)25(17-21)33(42)40-15-13-39(14-16-40)29-12-8-22(19-35)20-36-29/h2-12,17,20H,13-16,18H2,1H3,(H,38,41). The molecule has 1 amide bonds. The van der Waals surface area contributed by atoms with Crippen LogP contribution in [0.2, 0.25) is 0 Å². The number of aromatic amines is 1. The van der Waals surface area contributed by atoms with Crippen LogP contribution in [-0.4, -0.2) is 59.3 Å². The van der Waals surface area contributed by atoms with Gasteiger partial charge in [-0.05, 0) is 54.1 Å². The van der Waals surface area contributed by atoms with E-state index >= 15 is 4.39 Å². The average Bonchev–Trinajstić information content (AvgIpc) is 3.07. The van der Waals surface area contributed by atoms with Crippen molar-refractivity contribution in [2.24, 2.45) is 0 Å². The minimum Gasteiger partial charge on any atom is -0.492 e. The number of aromatic nitrogens is 3. The van der Waals surface area contributed by atoms with Crippen molar-refractivity contribution in [3.05, 3.63) is 118 Å². The molecule has 1 aliphatic rings. The van der Waals surface area contributed by atoms with E-state index in [2.05, 4.69) is 15.2 Å². The van der Waals surface area contributed by atoms with Gasteiger partial charge in [0, 0.05) is 38.8 Å². The number of anilines is 1. The molecule has 10 nitrogen and oxygen atoms in total. The van der Waals surface area contributed by atoms with Crippen molar-refractivity contribution < 1.29 is 18.7 Å². The number of para-hydroxylation sites is 1.